The number of fused-ring (bicyclic) bond motifs is 1. The van der Waals surface area contributed by atoms with E-state index in [0.717, 1.165) is 11.3 Å². The molecular weight excluding hydrogens is 308 g/mol. The summed E-state index contributed by atoms with van der Waals surface area (Å²) < 4.78 is 15.3. The van der Waals surface area contributed by atoms with Crippen LogP contribution in [-0.2, 0) is 4.74 Å². The molecule has 0 spiro atoms. The van der Waals surface area contributed by atoms with E-state index in [1.165, 1.54) is 5.38 Å². The van der Waals surface area contributed by atoms with Crippen molar-refractivity contribution in [3.63, 3.8) is 0 Å². The van der Waals surface area contributed by atoms with Crippen molar-refractivity contribution in [1.29, 1.82) is 0 Å². The largest absolute Gasteiger partial charge is 0.461 e. The number of hydrogen-bond acceptors (Lipinski definition) is 7. The van der Waals surface area contributed by atoms with E-state index in [9.17, 15) is 9.59 Å². The Bertz CT molecular complexity index is 728. The van der Waals surface area contributed by atoms with E-state index in [1.807, 2.05) is 0 Å². The van der Waals surface area contributed by atoms with E-state index in [1.54, 1.807) is 25.1 Å². The van der Waals surface area contributed by atoms with Crippen LogP contribution in [0.2, 0.25) is 0 Å². The van der Waals surface area contributed by atoms with Crippen molar-refractivity contribution >= 4 is 28.3 Å². The summed E-state index contributed by atoms with van der Waals surface area (Å²) in [6, 6.07) is 4.89. The quantitative estimate of drug-likeness (QED) is 0.870. The fourth-order valence-electron chi connectivity index (χ4n) is 1.84. The highest BCUT2D eigenvalue weighted by atomic mass is 32.1. The number of carbonyl (C=O) groups is 2. The van der Waals surface area contributed by atoms with Crippen LogP contribution in [0.3, 0.4) is 0 Å². The summed E-state index contributed by atoms with van der Waals surface area (Å²) in [6.45, 7) is 2.14. The van der Waals surface area contributed by atoms with Gasteiger partial charge in [-0.15, -0.1) is 11.3 Å². The molecule has 2 heterocycles. The minimum Gasteiger partial charge on any atom is -0.461 e. The number of thiazole rings is 1. The summed E-state index contributed by atoms with van der Waals surface area (Å²) in [6.07, 6.45) is 0. The van der Waals surface area contributed by atoms with Crippen molar-refractivity contribution in [2.75, 3.05) is 18.7 Å². The van der Waals surface area contributed by atoms with E-state index in [2.05, 4.69) is 10.3 Å². The molecule has 1 amide bonds. The molecular formula is C14H12N2O5S. The summed E-state index contributed by atoms with van der Waals surface area (Å²) in [7, 11) is 0. The molecule has 0 fully saturated rings. The maximum Gasteiger partial charge on any atom is 0.357 e. The van der Waals surface area contributed by atoms with Crippen LogP contribution in [0.5, 0.6) is 11.5 Å². The maximum absolute atomic E-state index is 12.2. The van der Waals surface area contributed by atoms with Gasteiger partial charge in [-0.05, 0) is 25.1 Å². The van der Waals surface area contributed by atoms with Crippen LogP contribution in [0, 0.1) is 0 Å². The summed E-state index contributed by atoms with van der Waals surface area (Å²) in [4.78, 5) is 27.7. The Morgan fingerprint density at radius 3 is 3.00 bits per heavy atom. The normalized spacial score (nSPS) is 12.0. The summed E-state index contributed by atoms with van der Waals surface area (Å²) >= 11 is 1.15. The van der Waals surface area contributed by atoms with Crippen LogP contribution in [-0.4, -0.2) is 30.3 Å². The lowest BCUT2D eigenvalue weighted by Gasteiger charge is -2.03. The molecule has 114 valence electrons. The van der Waals surface area contributed by atoms with E-state index < -0.39 is 5.97 Å². The highest BCUT2D eigenvalue weighted by Gasteiger charge is 2.18. The molecule has 0 aliphatic carbocycles. The van der Waals surface area contributed by atoms with Gasteiger partial charge in [0.1, 0.15) is 0 Å². The number of benzene rings is 1. The average molecular weight is 320 g/mol. The van der Waals surface area contributed by atoms with Crippen molar-refractivity contribution in [2.45, 2.75) is 6.92 Å². The molecule has 0 atom stereocenters. The van der Waals surface area contributed by atoms with Gasteiger partial charge >= 0.3 is 5.97 Å². The maximum atomic E-state index is 12.2. The van der Waals surface area contributed by atoms with Crippen molar-refractivity contribution in [3.8, 4) is 11.5 Å². The molecule has 0 saturated carbocycles. The number of esters is 1. The van der Waals surface area contributed by atoms with E-state index in [0.29, 0.717) is 22.2 Å². The predicted octanol–water partition coefficient (Wildman–Crippen LogP) is 2.30. The van der Waals surface area contributed by atoms with Gasteiger partial charge in [0, 0.05) is 10.9 Å². The number of anilines is 1. The molecule has 3 rings (SSSR count). The van der Waals surface area contributed by atoms with Crippen LogP contribution < -0.4 is 14.8 Å². The standard InChI is InChI=1S/C14H12N2O5S/c1-2-19-13(18)9-6-22-14(15-9)16-12(17)8-3-4-10-11(5-8)21-7-20-10/h3-6H,2,7H2,1H3,(H,15,16,17). The Morgan fingerprint density at radius 1 is 1.36 bits per heavy atom. The number of nitrogens with one attached hydrogen (secondary N) is 1. The summed E-state index contributed by atoms with van der Waals surface area (Å²) in [5, 5.41) is 4.49. The zero-order valence-corrected chi connectivity index (χ0v) is 12.4. The Morgan fingerprint density at radius 2 is 2.18 bits per heavy atom. The van der Waals surface area contributed by atoms with Gasteiger partial charge in [0.25, 0.3) is 5.91 Å². The molecule has 8 heteroatoms. The van der Waals surface area contributed by atoms with Crippen molar-refractivity contribution in [3.05, 3.63) is 34.8 Å². The van der Waals surface area contributed by atoms with Gasteiger partial charge in [-0.2, -0.15) is 0 Å². The highest BCUT2D eigenvalue weighted by Crippen LogP contribution is 2.32. The minimum atomic E-state index is -0.512. The molecule has 2 aromatic rings. The number of carbonyl (C=O) groups excluding carboxylic acids is 2. The van der Waals surface area contributed by atoms with Crippen molar-refractivity contribution in [1.82, 2.24) is 4.98 Å². The predicted molar refractivity (Wildman–Crippen MR) is 78.6 cm³/mol. The van der Waals surface area contributed by atoms with E-state index >= 15 is 0 Å². The van der Waals surface area contributed by atoms with E-state index in [-0.39, 0.29) is 25.0 Å². The second kappa shape index (κ2) is 6.02. The first-order valence-electron chi connectivity index (χ1n) is 6.51. The van der Waals surface area contributed by atoms with Crippen LogP contribution in [0.15, 0.2) is 23.6 Å². The van der Waals surface area contributed by atoms with Gasteiger partial charge in [0.05, 0.1) is 6.61 Å². The number of nitrogens with zero attached hydrogens (tertiary/aromatic N) is 1. The Balaban J connectivity index is 1.70. The molecule has 0 bridgehead atoms. The molecule has 0 radical (unpaired) electrons. The Hall–Kier alpha value is -2.61. The first kappa shape index (κ1) is 14.3. The molecule has 1 aliphatic heterocycles. The topological polar surface area (TPSA) is 86.8 Å². The monoisotopic (exact) mass is 320 g/mol. The highest BCUT2D eigenvalue weighted by molar-refractivity contribution is 7.14. The number of hydrogen-bond donors (Lipinski definition) is 1. The second-order valence-electron chi connectivity index (χ2n) is 4.28. The third-order valence-electron chi connectivity index (χ3n) is 2.84. The SMILES string of the molecule is CCOC(=O)c1csc(NC(=O)c2ccc3c(c2)OCO3)n1. The number of amides is 1. The molecule has 1 N–H and O–H groups in total. The fraction of sp³-hybridized carbons (Fsp3) is 0.214. The van der Waals surface area contributed by atoms with Gasteiger partial charge in [0.15, 0.2) is 22.3 Å². The van der Waals surface area contributed by atoms with Gasteiger partial charge in [-0.3, -0.25) is 10.1 Å². The second-order valence-corrected chi connectivity index (χ2v) is 5.14. The number of aromatic nitrogens is 1. The van der Waals surface area contributed by atoms with Gasteiger partial charge in [-0.1, -0.05) is 0 Å². The van der Waals surface area contributed by atoms with Crippen molar-refractivity contribution in [2.24, 2.45) is 0 Å². The van der Waals surface area contributed by atoms with Gasteiger partial charge < -0.3 is 14.2 Å². The lowest BCUT2D eigenvalue weighted by atomic mass is 10.2. The fourth-order valence-corrected chi connectivity index (χ4v) is 2.51. The number of rotatable bonds is 4. The third kappa shape index (κ3) is 2.86. The zero-order valence-electron chi connectivity index (χ0n) is 11.6. The Kier molecular flexibility index (Phi) is 3.92. The number of ether oxygens (including phenoxy) is 3. The molecule has 1 aromatic carbocycles. The lowest BCUT2D eigenvalue weighted by molar-refractivity contribution is 0.0520. The zero-order chi connectivity index (χ0) is 15.5. The van der Waals surface area contributed by atoms with Crippen molar-refractivity contribution < 1.29 is 23.8 Å². The summed E-state index contributed by atoms with van der Waals surface area (Å²) in [5.41, 5.74) is 0.588. The molecule has 7 nitrogen and oxygen atoms in total. The van der Waals surface area contributed by atoms with Gasteiger partial charge in [0.2, 0.25) is 6.79 Å². The van der Waals surface area contributed by atoms with Gasteiger partial charge in [-0.25, -0.2) is 9.78 Å². The average Bonchev–Trinajstić information content (AvgIpc) is 3.15. The Labute approximate surface area is 129 Å². The van der Waals surface area contributed by atoms with E-state index in [4.69, 9.17) is 14.2 Å². The molecule has 1 aromatic heterocycles. The molecule has 0 saturated heterocycles. The van der Waals surface area contributed by atoms with Crippen LogP contribution in [0.4, 0.5) is 5.13 Å². The van der Waals surface area contributed by atoms with Crippen LogP contribution in [0.25, 0.3) is 0 Å². The molecule has 0 unspecified atom stereocenters. The smallest absolute Gasteiger partial charge is 0.357 e. The molecule has 22 heavy (non-hydrogen) atoms. The van der Waals surface area contributed by atoms with Crippen LogP contribution >= 0.6 is 11.3 Å². The summed E-state index contributed by atoms with van der Waals surface area (Å²) in [5.74, 6) is 0.278. The third-order valence-corrected chi connectivity index (χ3v) is 3.60. The van der Waals surface area contributed by atoms with Crippen LogP contribution in [0.1, 0.15) is 27.8 Å². The molecule has 1 aliphatic rings. The first-order chi connectivity index (χ1) is 10.7. The first-order valence-corrected chi connectivity index (χ1v) is 7.39. The minimum absolute atomic E-state index is 0.149. The lowest BCUT2D eigenvalue weighted by Crippen LogP contribution is -2.12.